The summed E-state index contributed by atoms with van der Waals surface area (Å²) in [5, 5.41) is 5.73. The molecule has 0 spiro atoms. The third-order valence-corrected chi connectivity index (χ3v) is 6.00. The number of H-pyrrole nitrogens is 1. The summed E-state index contributed by atoms with van der Waals surface area (Å²) in [6.45, 7) is 3.95. The van der Waals surface area contributed by atoms with Crippen molar-refractivity contribution in [3.8, 4) is 34.4 Å². The maximum Gasteiger partial charge on any atom is 0.323 e. The van der Waals surface area contributed by atoms with E-state index in [1.807, 2.05) is 50.3 Å². The van der Waals surface area contributed by atoms with Gasteiger partial charge in [-0.1, -0.05) is 0 Å². The average molecular weight is 501 g/mol. The van der Waals surface area contributed by atoms with Crippen LogP contribution in [-0.2, 0) is 0 Å². The number of rotatable bonds is 6. The minimum atomic E-state index is -0.410. The SMILES string of the molecule is COc1cc(OC)cc(-c2nc3cc(NC(=O)Nc4ccc5c(c4OC)C=CC(C)(C)O5)ccc3[nH]2)c1. The molecule has 5 rings (SSSR count). The Kier molecular flexibility index (Phi) is 6.12. The molecular formula is C28H28N4O5. The zero-order valence-corrected chi connectivity index (χ0v) is 21.3. The molecule has 0 aliphatic carbocycles. The summed E-state index contributed by atoms with van der Waals surface area (Å²) in [5.74, 6) is 3.21. The van der Waals surface area contributed by atoms with Gasteiger partial charge in [-0.3, -0.25) is 0 Å². The van der Waals surface area contributed by atoms with Crippen molar-refractivity contribution in [2.24, 2.45) is 0 Å². The summed E-state index contributed by atoms with van der Waals surface area (Å²) in [4.78, 5) is 20.8. The van der Waals surface area contributed by atoms with Gasteiger partial charge in [0.2, 0.25) is 0 Å². The van der Waals surface area contributed by atoms with Crippen LogP contribution in [-0.4, -0.2) is 42.9 Å². The Morgan fingerprint density at radius 3 is 2.41 bits per heavy atom. The predicted octanol–water partition coefficient (Wildman–Crippen LogP) is 6.08. The first kappa shape index (κ1) is 24.1. The van der Waals surface area contributed by atoms with E-state index in [9.17, 15) is 4.79 Å². The summed E-state index contributed by atoms with van der Waals surface area (Å²) in [5.41, 5.74) is 3.84. The maximum atomic E-state index is 12.8. The van der Waals surface area contributed by atoms with Crippen molar-refractivity contribution in [2.45, 2.75) is 19.4 Å². The van der Waals surface area contributed by atoms with Crippen LogP contribution in [0.5, 0.6) is 23.0 Å². The first-order valence-electron chi connectivity index (χ1n) is 11.7. The Balaban J connectivity index is 1.36. The summed E-state index contributed by atoms with van der Waals surface area (Å²) < 4.78 is 22.3. The fraction of sp³-hybridized carbons (Fsp3) is 0.214. The highest BCUT2D eigenvalue weighted by atomic mass is 16.5. The van der Waals surface area contributed by atoms with Crippen LogP contribution in [0.4, 0.5) is 16.2 Å². The number of aromatic nitrogens is 2. The zero-order chi connectivity index (χ0) is 26.2. The van der Waals surface area contributed by atoms with Crippen LogP contribution in [0.1, 0.15) is 19.4 Å². The Hall–Kier alpha value is -4.66. The van der Waals surface area contributed by atoms with E-state index in [0.29, 0.717) is 45.7 Å². The number of hydrogen-bond donors (Lipinski definition) is 3. The number of fused-ring (bicyclic) bond motifs is 2. The monoisotopic (exact) mass is 500 g/mol. The number of methoxy groups -OCH3 is 3. The first-order valence-corrected chi connectivity index (χ1v) is 11.7. The van der Waals surface area contributed by atoms with Gasteiger partial charge in [-0.15, -0.1) is 0 Å². The molecule has 4 aromatic rings. The molecule has 0 atom stereocenters. The minimum Gasteiger partial charge on any atom is -0.497 e. The van der Waals surface area contributed by atoms with E-state index in [2.05, 4.69) is 15.6 Å². The van der Waals surface area contributed by atoms with Crippen molar-refractivity contribution in [1.29, 1.82) is 0 Å². The Labute approximate surface area is 214 Å². The number of anilines is 2. The van der Waals surface area contributed by atoms with Crippen molar-refractivity contribution in [1.82, 2.24) is 9.97 Å². The largest absolute Gasteiger partial charge is 0.497 e. The standard InChI is InChI=1S/C28H28N4O5/c1-28(2)11-10-20-24(37-28)9-8-22(25(20)36-5)32-27(33)29-17-6-7-21-23(14-17)31-26(30-21)16-12-18(34-3)15-19(13-16)35-4/h6-15H,1-5H3,(H,30,31)(H2,29,32,33). The number of ether oxygens (including phenoxy) is 4. The highest BCUT2D eigenvalue weighted by Crippen LogP contribution is 2.41. The van der Waals surface area contributed by atoms with Gasteiger partial charge in [0, 0.05) is 17.3 Å². The number of benzene rings is 3. The smallest absolute Gasteiger partial charge is 0.323 e. The fourth-order valence-corrected chi connectivity index (χ4v) is 4.20. The molecular weight excluding hydrogens is 472 g/mol. The molecule has 3 N–H and O–H groups in total. The van der Waals surface area contributed by atoms with Crippen molar-refractivity contribution in [3.63, 3.8) is 0 Å². The summed E-state index contributed by atoms with van der Waals surface area (Å²) >= 11 is 0. The Bertz CT molecular complexity index is 1500. The predicted molar refractivity (Wildman–Crippen MR) is 144 cm³/mol. The second kappa shape index (κ2) is 9.42. The summed E-state index contributed by atoms with van der Waals surface area (Å²) in [6.07, 6.45) is 3.90. The van der Waals surface area contributed by atoms with Crippen LogP contribution in [0.2, 0.25) is 0 Å². The van der Waals surface area contributed by atoms with Crippen molar-refractivity contribution in [3.05, 3.63) is 60.2 Å². The number of nitrogens with zero attached hydrogens (tertiary/aromatic N) is 1. The molecule has 0 fully saturated rings. The van der Waals surface area contributed by atoms with E-state index in [1.54, 1.807) is 45.6 Å². The molecule has 0 unspecified atom stereocenters. The maximum absolute atomic E-state index is 12.8. The molecule has 0 saturated heterocycles. The number of carbonyl (C=O) groups is 1. The van der Waals surface area contributed by atoms with E-state index >= 15 is 0 Å². The number of imidazole rings is 1. The molecule has 1 aromatic heterocycles. The molecule has 190 valence electrons. The van der Waals surface area contributed by atoms with Gasteiger partial charge in [-0.2, -0.15) is 0 Å². The molecule has 1 aliphatic heterocycles. The lowest BCUT2D eigenvalue weighted by Crippen LogP contribution is -2.27. The molecule has 0 bridgehead atoms. The van der Waals surface area contributed by atoms with Crippen LogP contribution >= 0.6 is 0 Å². The minimum absolute atomic E-state index is 0.409. The van der Waals surface area contributed by atoms with E-state index in [0.717, 1.165) is 16.6 Å². The summed E-state index contributed by atoms with van der Waals surface area (Å²) in [7, 11) is 4.77. The van der Waals surface area contributed by atoms with E-state index in [4.69, 9.17) is 23.9 Å². The van der Waals surface area contributed by atoms with Gasteiger partial charge in [0.05, 0.1) is 43.6 Å². The molecule has 1 aliphatic rings. The number of nitrogens with one attached hydrogen (secondary N) is 3. The highest BCUT2D eigenvalue weighted by molar-refractivity contribution is 6.02. The molecule has 9 nitrogen and oxygen atoms in total. The third kappa shape index (κ3) is 4.88. The fourth-order valence-electron chi connectivity index (χ4n) is 4.20. The lowest BCUT2D eigenvalue weighted by atomic mass is 10.0. The second-order valence-corrected chi connectivity index (χ2v) is 9.09. The van der Waals surface area contributed by atoms with Crippen molar-refractivity contribution >= 4 is 34.5 Å². The van der Waals surface area contributed by atoms with Gasteiger partial charge in [0.15, 0.2) is 5.75 Å². The quantitative estimate of drug-likeness (QED) is 0.296. The summed E-state index contributed by atoms with van der Waals surface area (Å²) in [6, 6.07) is 14.2. The Morgan fingerprint density at radius 2 is 1.70 bits per heavy atom. The van der Waals surface area contributed by atoms with Gasteiger partial charge in [0.25, 0.3) is 0 Å². The van der Waals surface area contributed by atoms with Gasteiger partial charge in [-0.25, -0.2) is 9.78 Å². The molecule has 37 heavy (non-hydrogen) atoms. The van der Waals surface area contributed by atoms with E-state index < -0.39 is 11.6 Å². The Morgan fingerprint density at radius 1 is 0.946 bits per heavy atom. The number of carbonyl (C=O) groups excluding carboxylic acids is 1. The lowest BCUT2D eigenvalue weighted by molar-refractivity contribution is 0.158. The van der Waals surface area contributed by atoms with Crippen LogP contribution in [0, 0.1) is 0 Å². The van der Waals surface area contributed by atoms with Crippen molar-refractivity contribution in [2.75, 3.05) is 32.0 Å². The first-order chi connectivity index (χ1) is 17.8. The number of aromatic amines is 1. The molecule has 2 amide bonds. The second-order valence-electron chi connectivity index (χ2n) is 9.09. The lowest BCUT2D eigenvalue weighted by Gasteiger charge is -2.29. The van der Waals surface area contributed by atoms with Gasteiger partial charge in [-0.05, 0) is 68.5 Å². The van der Waals surface area contributed by atoms with Crippen LogP contribution < -0.4 is 29.6 Å². The average Bonchev–Trinajstić information content (AvgIpc) is 3.31. The number of urea groups is 1. The zero-order valence-electron chi connectivity index (χ0n) is 21.3. The third-order valence-electron chi connectivity index (χ3n) is 6.00. The molecule has 9 heteroatoms. The molecule has 3 aromatic carbocycles. The van der Waals surface area contributed by atoms with Crippen LogP contribution in [0.3, 0.4) is 0 Å². The van der Waals surface area contributed by atoms with Gasteiger partial charge >= 0.3 is 6.03 Å². The molecule has 2 heterocycles. The normalized spacial score (nSPS) is 13.4. The van der Waals surface area contributed by atoms with Gasteiger partial charge < -0.3 is 34.6 Å². The molecule has 0 radical (unpaired) electrons. The molecule has 0 saturated carbocycles. The van der Waals surface area contributed by atoms with Gasteiger partial charge in [0.1, 0.15) is 28.7 Å². The van der Waals surface area contributed by atoms with E-state index in [-0.39, 0.29) is 0 Å². The van der Waals surface area contributed by atoms with Crippen LogP contribution in [0.25, 0.3) is 28.5 Å². The number of amides is 2. The highest BCUT2D eigenvalue weighted by Gasteiger charge is 2.25. The van der Waals surface area contributed by atoms with E-state index in [1.165, 1.54) is 0 Å². The topological polar surface area (TPSA) is 107 Å². The van der Waals surface area contributed by atoms with Crippen LogP contribution in [0.15, 0.2) is 54.6 Å². The van der Waals surface area contributed by atoms with Crippen molar-refractivity contribution < 1.29 is 23.7 Å². The number of hydrogen-bond acceptors (Lipinski definition) is 6.